The van der Waals surface area contributed by atoms with E-state index >= 15 is 0 Å². The van der Waals surface area contributed by atoms with Gasteiger partial charge in [0.15, 0.2) is 0 Å². The number of aromatic nitrogens is 1. The third-order valence-electron chi connectivity index (χ3n) is 1.30. The van der Waals surface area contributed by atoms with E-state index in [9.17, 15) is 13.2 Å². The van der Waals surface area contributed by atoms with Gasteiger partial charge in [-0.2, -0.15) is 0 Å². The maximum atomic E-state index is 11.5. The Morgan fingerprint density at radius 3 is 2.53 bits per heavy atom. The summed E-state index contributed by atoms with van der Waals surface area (Å²) in [5.74, 6) is 0.254. The van der Waals surface area contributed by atoms with E-state index in [0.29, 0.717) is 0 Å². The molecule has 1 rings (SSSR count). The molecule has 0 aromatic carbocycles. The van der Waals surface area contributed by atoms with Crippen molar-refractivity contribution in [1.82, 2.24) is 4.98 Å². The average molecular weight is 286 g/mol. The number of nitrogens with zero attached hydrogens (tertiary/aromatic N) is 1. The van der Waals surface area contributed by atoms with Crippen molar-refractivity contribution in [3.63, 3.8) is 0 Å². The number of rotatable bonds is 4. The summed E-state index contributed by atoms with van der Waals surface area (Å²) in [6.07, 6.45) is -3.13. The van der Waals surface area contributed by atoms with E-state index in [1.807, 2.05) is 0 Å². The standard InChI is InChI=1S/C8H7BrF3NO2/c9-6-1-2-7(13-5-6)14-3-4-15-8(10,11)12/h1-2,5H,3-4H2. The maximum Gasteiger partial charge on any atom is 0.522 e. The van der Waals surface area contributed by atoms with E-state index in [1.165, 1.54) is 12.3 Å². The fourth-order valence-corrected chi connectivity index (χ4v) is 0.986. The predicted octanol–water partition coefficient (Wildman–Crippen LogP) is 2.76. The van der Waals surface area contributed by atoms with Gasteiger partial charge in [-0.25, -0.2) is 4.98 Å². The normalized spacial score (nSPS) is 11.5. The molecule has 84 valence electrons. The first kappa shape index (κ1) is 12.3. The van der Waals surface area contributed by atoms with Crippen molar-refractivity contribution in [2.75, 3.05) is 13.2 Å². The molecule has 0 N–H and O–H groups in total. The Labute approximate surface area is 92.3 Å². The molecule has 1 heterocycles. The van der Waals surface area contributed by atoms with Crippen LogP contribution in [0.15, 0.2) is 22.8 Å². The molecule has 0 saturated heterocycles. The average Bonchev–Trinajstić information content (AvgIpc) is 2.14. The smallest absolute Gasteiger partial charge is 0.475 e. The van der Waals surface area contributed by atoms with E-state index < -0.39 is 13.0 Å². The molecule has 1 aromatic rings. The van der Waals surface area contributed by atoms with Crippen molar-refractivity contribution in [2.45, 2.75) is 6.36 Å². The summed E-state index contributed by atoms with van der Waals surface area (Å²) < 4.78 is 43.8. The summed E-state index contributed by atoms with van der Waals surface area (Å²) in [5.41, 5.74) is 0. The van der Waals surface area contributed by atoms with Crippen molar-refractivity contribution >= 4 is 15.9 Å². The van der Waals surface area contributed by atoms with Gasteiger partial charge in [0, 0.05) is 16.7 Å². The Balaban J connectivity index is 2.23. The molecule has 0 unspecified atom stereocenters. The fourth-order valence-electron chi connectivity index (χ4n) is 0.751. The number of pyridine rings is 1. The van der Waals surface area contributed by atoms with E-state index in [1.54, 1.807) is 6.07 Å². The Kier molecular flexibility index (Phi) is 4.34. The molecule has 1 aromatic heterocycles. The number of hydrogen-bond donors (Lipinski definition) is 0. The highest BCUT2D eigenvalue weighted by Gasteiger charge is 2.28. The number of halogens is 4. The summed E-state index contributed by atoms with van der Waals surface area (Å²) in [4.78, 5) is 3.81. The summed E-state index contributed by atoms with van der Waals surface area (Å²) >= 11 is 3.16. The zero-order valence-electron chi connectivity index (χ0n) is 7.42. The molecule has 0 aliphatic heterocycles. The second-order valence-corrected chi connectivity index (χ2v) is 3.37. The molecular formula is C8H7BrF3NO2. The van der Waals surface area contributed by atoms with E-state index in [0.717, 1.165) is 4.47 Å². The third-order valence-corrected chi connectivity index (χ3v) is 1.77. The van der Waals surface area contributed by atoms with Gasteiger partial charge in [-0.05, 0) is 22.0 Å². The number of alkyl halides is 3. The van der Waals surface area contributed by atoms with Crippen molar-refractivity contribution in [1.29, 1.82) is 0 Å². The Morgan fingerprint density at radius 1 is 1.27 bits per heavy atom. The molecule has 7 heteroatoms. The maximum absolute atomic E-state index is 11.5. The van der Waals surface area contributed by atoms with Crippen LogP contribution in [-0.4, -0.2) is 24.6 Å². The molecule has 0 atom stereocenters. The van der Waals surface area contributed by atoms with E-state index in [4.69, 9.17) is 4.74 Å². The Bertz CT molecular complexity index is 302. The first-order chi connectivity index (χ1) is 6.97. The highest BCUT2D eigenvalue weighted by molar-refractivity contribution is 9.10. The van der Waals surface area contributed by atoms with Crippen LogP contribution in [0.5, 0.6) is 5.88 Å². The quantitative estimate of drug-likeness (QED) is 0.797. The van der Waals surface area contributed by atoms with Gasteiger partial charge in [-0.3, -0.25) is 4.74 Å². The molecular weight excluding hydrogens is 279 g/mol. The Morgan fingerprint density at radius 2 is 2.00 bits per heavy atom. The molecule has 0 spiro atoms. The first-order valence-electron chi connectivity index (χ1n) is 3.92. The first-order valence-corrected chi connectivity index (χ1v) is 4.72. The summed E-state index contributed by atoms with van der Waals surface area (Å²) in [5, 5.41) is 0. The number of hydrogen-bond acceptors (Lipinski definition) is 3. The monoisotopic (exact) mass is 285 g/mol. The highest BCUT2D eigenvalue weighted by Crippen LogP contribution is 2.16. The molecule has 0 radical (unpaired) electrons. The molecule has 15 heavy (non-hydrogen) atoms. The number of ether oxygens (including phenoxy) is 2. The molecule has 0 bridgehead atoms. The van der Waals surface area contributed by atoms with Crippen LogP contribution in [0, 0.1) is 0 Å². The van der Waals surface area contributed by atoms with Gasteiger partial charge in [0.2, 0.25) is 5.88 Å². The lowest BCUT2D eigenvalue weighted by Crippen LogP contribution is -2.18. The largest absolute Gasteiger partial charge is 0.522 e. The van der Waals surface area contributed by atoms with Gasteiger partial charge in [-0.1, -0.05) is 0 Å². The van der Waals surface area contributed by atoms with Crippen molar-refractivity contribution in [3.8, 4) is 5.88 Å². The predicted molar refractivity (Wildman–Crippen MR) is 49.4 cm³/mol. The second-order valence-electron chi connectivity index (χ2n) is 2.46. The lowest BCUT2D eigenvalue weighted by molar-refractivity contribution is -0.325. The minimum absolute atomic E-state index is 0.200. The molecule has 0 amide bonds. The van der Waals surface area contributed by atoms with Gasteiger partial charge in [0.05, 0.1) is 6.61 Å². The highest BCUT2D eigenvalue weighted by atomic mass is 79.9. The van der Waals surface area contributed by atoms with Crippen LogP contribution in [0.3, 0.4) is 0 Å². The fraction of sp³-hybridized carbons (Fsp3) is 0.375. The summed E-state index contributed by atoms with van der Waals surface area (Å²) in [7, 11) is 0. The van der Waals surface area contributed by atoms with Crippen molar-refractivity contribution < 1.29 is 22.6 Å². The molecule has 0 saturated carbocycles. The van der Waals surface area contributed by atoms with Gasteiger partial charge < -0.3 is 4.74 Å². The van der Waals surface area contributed by atoms with Gasteiger partial charge in [-0.15, -0.1) is 13.2 Å². The zero-order valence-corrected chi connectivity index (χ0v) is 9.01. The molecule has 3 nitrogen and oxygen atoms in total. The second kappa shape index (κ2) is 5.32. The SMILES string of the molecule is FC(F)(F)OCCOc1ccc(Br)cn1. The van der Waals surface area contributed by atoms with Gasteiger partial charge in [0.25, 0.3) is 0 Å². The van der Waals surface area contributed by atoms with Gasteiger partial charge in [0.1, 0.15) is 6.61 Å². The molecule has 0 aliphatic rings. The Hall–Kier alpha value is -0.820. The lowest BCUT2D eigenvalue weighted by Gasteiger charge is -2.08. The van der Waals surface area contributed by atoms with Crippen LogP contribution in [0.1, 0.15) is 0 Å². The van der Waals surface area contributed by atoms with Crippen LogP contribution in [0.4, 0.5) is 13.2 Å². The van der Waals surface area contributed by atoms with E-state index in [-0.39, 0.29) is 12.5 Å². The van der Waals surface area contributed by atoms with Crippen LogP contribution >= 0.6 is 15.9 Å². The lowest BCUT2D eigenvalue weighted by atomic mass is 10.5. The zero-order chi connectivity index (χ0) is 11.3. The van der Waals surface area contributed by atoms with Crippen molar-refractivity contribution in [2.24, 2.45) is 0 Å². The van der Waals surface area contributed by atoms with E-state index in [2.05, 4.69) is 25.7 Å². The van der Waals surface area contributed by atoms with Crippen molar-refractivity contribution in [3.05, 3.63) is 22.8 Å². The third kappa shape index (κ3) is 5.58. The summed E-state index contributed by atoms with van der Waals surface area (Å²) in [6.45, 7) is -0.755. The molecule has 0 aliphatic carbocycles. The van der Waals surface area contributed by atoms with Gasteiger partial charge >= 0.3 is 6.36 Å². The van der Waals surface area contributed by atoms with Crippen LogP contribution in [-0.2, 0) is 4.74 Å². The van der Waals surface area contributed by atoms with Crippen LogP contribution < -0.4 is 4.74 Å². The minimum Gasteiger partial charge on any atom is -0.475 e. The van der Waals surface area contributed by atoms with Crippen LogP contribution in [0.25, 0.3) is 0 Å². The topological polar surface area (TPSA) is 31.4 Å². The molecule has 0 fully saturated rings. The minimum atomic E-state index is -4.61. The summed E-state index contributed by atoms with van der Waals surface area (Å²) in [6, 6.07) is 3.21. The van der Waals surface area contributed by atoms with Crippen LogP contribution in [0.2, 0.25) is 0 Å².